The number of carbonyl (C=O) groups is 2. The maximum Gasteiger partial charge on any atom is 0.269 e. The number of sulfonamides is 1. The zero-order chi connectivity index (χ0) is 16.6. The molecule has 23 heavy (non-hydrogen) atoms. The zero-order valence-electron chi connectivity index (χ0n) is 11.7. The number of benzene rings is 2. The quantitative estimate of drug-likeness (QED) is 0.919. The molecular formula is C15H11ClN2O4S. The topological polar surface area (TPSA) is 83.6 Å². The highest BCUT2D eigenvalue weighted by molar-refractivity contribution is 7.90. The lowest BCUT2D eigenvalue weighted by molar-refractivity contribution is -0.116. The summed E-state index contributed by atoms with van der Waals surface area (Å²) in [7, 11) is -3.99. The summed E-state index contributed by atoms with van der Waals surface area (Å²) in [5.74, 6) is -1.33. The van der Waals surface area contributed by atoms with E-state index in [1.807, 2.05) is 0 Å². The number of hydrogen-bond acceptors (Lipinski definition) is 4. The van der Waals surface area contributed by atoms with Crippen molar-refractivity contribution in [3.05, 3.63) is 59.1 Å². The van der Waals surface area contributed by atoms with Crippen LogP contribution in [0.5, 0.6) is 0 Å². The Morgan fingerprint density at radius 2 is 1.87 bits per heavy atom. The minimum absolute atomic E-state index is 0.0723. The van der Waals surface area contributed by atoms with E-state index >= 15 is 0 Å². The van der Waals surface area contributed by atoms with Crippen LogP contribution in [-0.2, 0) is 14.8 Å². The van der Waals surface area contributed by atoms with E-state index in [2.05, 4.69) is 5.32 Å². The van der Waals surface area contributed by atoms with Crippen molar-refractivity contribution in [3.63, 3.8) is 0 Å². The predicted octanol–water partition coefficient (Wildman–Crippen LogP) is 2.12. The van der Waals surface area contributed by atoms with Gasteiger partial charge in [0, 0.05) is 10.7 Å². The van der Waals surface area contributed by atoms with Gasteiger partial charge in [-0.1, -0.05) is 29.8 Å². The molecule has 1 N–H and O–H groups in total. The van der Waals surface area contributed by atoms with Crippen LogP contribution in [0.15, 0.2) is 53.4 Å². The average molecular weight is 351 g/mol. The number of halogens is 1. The Labute approximate surface area is 137 Å². The maximum absolute atomic E-state index is 12.3. The summed E-state index contributed by atoms with van der Waals surface area (Å²) in [6, 6.07) is 12.3. The van der Waals surface area contributed by atoms with Crippen LogP contribution in [0.3, 0.4) is 0 Å². The van der Waals surface area contributed by atoms with Gasteiger partial charge in [0.15, 0.2) is 0 Å². The molecule has 118 valence electrons. The van der Waals surface area contributed by atoms with Crippen molar-refractivity contribution in [1.29, 1.82) is 0 Å². The van der Waals surface area contributed by atoms with Crippen molar-refractivity contribution in [3.8, 4) is 0 Å². The predicted molar refractivity (Wildman–Crippen MR) is 84.7 cm³/mol. The number of carbonyl (C=O) groups excluding carboxylic acids is 2. The van der Waals surface area contributed by atoms with Gasteiger partial charge in [-0.2, -0.15) is 0 Å². The molecule has 0 fully saturated rings. The van der Waals surface area contributed by atoms with E-state index in [1.165, 1.54) is 24.3 Å². The van der Waals surface area contributed by atoms with Crippen LogP contribution in [0.1, 0.15) is 10.4 Å². The van der Waals surface area contributed by atoms with Crippen LogP contribution in [0.2, 0.25) is 5.02 Å². The second-order valence-corrected chi connectivity index (χ2v) is 7.14. The number of nitrogens with zero attached hydrogens (tertiary/aromatic N) is 1. The molecule has 2 amide bonds. The highest BCUT2D eigenvalue weighted by atomic mass is 35.5. The van der Waals surface area contributed by atoms with Gasteiger partial charge in [0.1, 0.15) is 11.4 Å². The standard InChI is InChI=1S/C15H11ClN2O4S/c16-10-4-3-5-11(8-10)17-14(19)9-18-15(20)12-6-1-2-7-13(12)23(18,21)22/h1-8H,9H2,(H,17,19). The second-order valence-electron chi connectivity index (χ2n) is 4.87. The van der Waals surface area contributed by atoms with Crippen molar-refractivity contribution in [2.75, 3.05) is 11.9 Å². The highest BCUT2D eigenvalue weighted by Gasteiger charge is 2.41. The maximum atomic E-state index is 12.3. The molecule has 1 heterocycles. The van der Waals surface area contributed by atoms with E-state index in [4.69, 9.17) is 11.6 Å². The van der Waals surface area contributed by atoms with Gasteiger partial charge < -0.3 is 5.32 Å². The molecule has 0 bridgehead atoms. The third-order valence-electron chi connectivity index (χ3n) is 3.31. The summed E-state index contributed by atoms with van der Waals surface area (Å²) in [4.78, 5) is 24.2. The first kappa shape index (κ1) is 15.5. The van der Waals surface area contributed by atoms with E-state index in [0.717, 1.165) is 0 Å². The number of anilines is 1. The highest BCUT2D eigenvalue weighted by Crippen LogP contribution is 2.29. The molecule has 0 aromatic heterocycles. The Balaban J connectivity index is 1.81. The number of fused-ring (bicyclic) bond motifs is 1. The SMILES string of the molecule is O=C(CN1C(=O)c2ccccc2S1(=O)=O)Nc1cccc(Cl)c1. The van der Waals surface area contributed by atoms with E-state index in [1.54, 1.807) is 24.3 Å². The van der Waals surface area contributed by atoms with Crippen LogP contribution in [0.4, 0.5) is 5.69 Å². The van der Waals surface area contributed by atoms with Crippen LogP contribution < -0.4 is 5.32 Å². The molecule has 2 aromatic carbocycles. The Hall–Kier alpha value is -2.38. The Morgan fingerprint density at radius 1 is 1.13 bits per heavy atom. The van der Waals surface area contributed by atoms with Gasteiger partial charge in [0.05, 0.1) is 5.56 Å². The Kier molecular flexibility index (Phi) is 3.83. The lowest BCUT2D eigenvalue weighted by Gasteiger charge is -2.14. The largest absolute Gasteiger partial charge is 0.324 e. The number of hydrogen-bond donors (Lipinski definition) is 1. The minimum atomic E-state index is -3.99. The van der Waals surface area contributed by atoms with Gasteiger partial charge in [-0.25, -0.2) is 12.7 Å². The lowest BCUT2D eigenvalue weighted by atomic mass is 10.2. The van der Waals surface area contributed by atoms with Crippen molar-refractivity contribution in [2.45, 2.75) is 4.90 Å². The first-order chi connectivity index (χ1) is 10.9. The fourth-order valence-corrected chi connectivity index (χ4v) is 4.00. The number of nitrogens with one attached hydrogen (secondary N) is 1. The molecule has 0 radical (unpaired) electrons. The van der Waals surface area contributed by atoms with Crippen LogP contribution >= 0.6 is 11.6 Å². The van der Waals surface area contributed by atoms with E-state index in [-0.39, 0.29) is 10.5 Å². The smallest absolute Gasteiger partial charge is 0.269 e. The molecule has 0 saturated heterocycles. The molecule has 0 atom stereocenters. The summed E-state index contributed by atoms with van der Waals surface area (Å²) in [6.45, 7) is -0.595. The van der Waals surface area contributed by atoms with Crippen molar-refractivity contribution < 1.29 is 18.0 Å². The monoisotopic (exact) mass is 350 g/mol. The van der Waals surface area contributed by atoms with Crippen molar-refractivity contribution >= 4 is 39.1 Å². The van der Waals surface area contributed by atoms with E-state index < -0.39 is 28.4 Å². The number of amides is 2. The van der Waals surface area contributed by atoms with Crippen molar-refractivity contribution in [1.82, 2.24) is 4.31 Å². The second kappa shape index (κ2) is 5.68. The van der Waals surface area contributed by atoms with Crippen LogP contribution in [0.25, 0.3) is 0 Å². The Morgan fingerprint density at radius 3 is 2.57 bits per heavy atom. The molecule has 6 nitrogen and oxygen atoms in total. The van der Waals surface area contributed by atoms with E-state index in [0.29, 0.717) is 15.0 Å². The van der Waals surface area contributed by atoms with E-state index in [9.17, 15) is 18.0 Å². The molecule has 1 aliphatic rings. The van der Waals surface area contributed by atoms with Gasteiger partial charge in [0.25, 0.3) is 15.9 Å². The molecule has 1 aliphatic heterocycles. The first-order valence-corrected chi connectivity index (χ1v) is 8.43. The normalized spacial score (nSPS) is 15.3. The summed E-state index contributed by atoms with van der Waals surface area (Å²) in [6.07, 6.45) is 0. The fourth-order valence-electron chi connectivity index (χ4n) is 2.28. The molecule has 0 spiro atoms. The van der Waals surface area contributed by atoms with Crippen LogP contribution in [-0.4, -0.2) is 31.1 Å². The summed E-state index contributed by atoms with van der Waals surface area (Å²) in [5.41, 5.74) is 0.493. The lowest BCUT2D eigenvalue weighted by Crippen LogP contribution is -2.37. The summed E-state index contributed by atoms with van der Waals surface area (Å²) in [5, 5.41) is 2.94. The minimum Gasteiger partial charge on any atom is -0.324 e. The third-order valence-corrected chi connectivity index (χ3v) is 5.33. The molecule has 2 aromatic rings. The average Bonchev–Trinajstić information content (AvgIpc) is 2.69. The molecule has 0 saturated carbocycles. The molecule has 0 aliphatic carbocycles. The molecular weight excluding hydrogens is 340 g/mol. The van der Waals surface area contributed by atoms with Gasteiger partial charge >= 0.3 is 0 Å². The Bertz CT molecular complexity index is 911. The van der Waals surface area contributed by atoms with Gasteiger partial charge in [-0.15, -0.1) is 0 Å². The van der Waals surface area contributed by atoms with Gasteiger partial charge in [-0.3, -0.25) is 9.59 Å². The molecule has 3 rings (SSSR count). The van der Waals surface area contributed by atoms with Gasteiger partial charge in [0.2, 0.25) is 5.91 Å². The molecule has 0 unspecified atom stereocenters. The first-order valence-electron chi connectivity index (χ1n) is 6.61. The third kappa shape index (κ3) is 2.80. The summed E-state index contributed by atoms with van der Waals surface area (Å²) >= 11 is 5.82. The van der Waals surface area contributed by atoms with Crippen LogP contribution in [0, 0.1) is 0 Å². The zero-order valence-corrected chi connectivity index (χ0v) is 13.3. The summed E-state index contributed by atoms with van der Waals surface area (Å²) < 4.78 is 25.2. The number of rotatable bonds is 3. The van der Waals surface area contributed by atoms with Gasteiger partial charge in [-0.05, 0) is 30.3 Å². The van der Waals surface area contributed by atoms with Crippen molar-refractivity contribution in [2.24, 2.45) is 0 Å². The fraction of sp³-hybridized carbons (Fsp3) is 0.0667. The molecule has 8 heteroatoms.